The van der Waals surface area contributed by atoms with E-state index in [-0.39, 0.29) is 6.61 Å². The molecule has 0 saturated heterocycles. The van der Waals surface area contributed by atoms with E-state index in [9.17, 15) is 13.2 Å². The maximum Gasteiger partial charge on any atom is 0.433 e. The lowest BCUT2D eigenvalue weighted by molar-refractivity contribution is -0.0610. The second-order valence-corrected chi connectivity index (χ2v) is 7.04. The van der Waals surface area contributed by atoms with Gasteiger partial charge in [0.25, 0.3) is 0 Å². The summed E-state index contributed by atoms with van der Waals surface area (Å²) >= 11 is 1.26. The summed E-state index contributed by atoms with van der Waals surface area (Å²) < 4.78 is 50.5. The molecule has 0 saturated carbocycles. The largest absolute Gasteiger partial charge is 0.485 e. The zero-order valence-electron chi connectivity index (χ0n) is 15.9. The molecule has 0 spiro atoms. The van der Waals surface area contributed by atoms with Crippen LogP contribution in [0, 0.1) is 0 Å². The molecule has 0 aliphatic carbocycles. The standard InChI is InChI=1S/C20H17F3N4O2S/c1-30-29-12-14-6-4-5-13(24-14)11-28-17-9-27-10-18(20(21,22)23)25-26-19(27)16-8-3-2-7-15(16)17/h2-9H,10-12H2,1H3. The van der Waals surface area contributed by atoms with Gasteiger partial charge in [0.2, 0.25) is 0 Å². The van der Waals surface area contributed by atoms with Gasteiger partial charge in [-0.15, -0.1) is 10.2 Å². The fraction of sp³-hybridized carbons (Fsp3) is 0.250. The first-order valence-corrected chi connectivity index (χ1v) is 10.1. The van der Waals surface area contributed by atoms with Gasteiger partial charge in [-0.1, -0.05) is 30.3 Å². The quantitative estimate of drug-likeness (QED) is 0.632. The first kappa shape index (κ1) is 20.4. The van der Waals surface area contributed by atoms with Gasteiger partial charge in [0.05, 0.1) is 17.9 Å². The second kappa shape index (κ2) is 8.49. The summed E-state index contributed by atoms with van der Waals surface area (Å²) in [6, 6.07) is 12.8. The Balaban J connectivity index is 1.58. The van der Waals surface area contributed by atoms with E-state index in [1.54, 1.807) is 12.1 Å². The molecule has 2 aliphatic rings. The van der Waals surface area contributed by atoms with Crippen LogP contribution in [-0.4, -0.2) is 40.4 Å². The van der Waals surface area contributed by atoms with Crippen molar-refractivity contribution in [3.05, 3.63) is 71.2 Å². The monoisotopic (exact) mass is 434 g/mol. The lowest BCUT2D eigenvalue weighted by Crippen LogP contribution is -2.42. The number of amidine groups is 1. The van der Waals surface area contributed by atoms with Gasteiger partial charge >= 0.3 is 6.18 Å². The summed E-state index contributed by atoms with van der Waals surface area (Å²) in [7, 11) is 0. The van der Waals surface area contributed by atoms with Gasteiger partial charge in [0, 0.05) is 23.6 Å². The summed E-state index contributed by atoms with van der Waals surface area (Å²) in [6.07, 6.45) is -1.18. The lowest BCUT2D eigenvalue weighted by Gasteiger charge is -2.31. The minimum Gasteiger partial charge on any atom is -0.485 e. The van der Waals surface area contributed by atoms with Crippen molar-refractivity contribution in [2.75, 3.05) is 12.8 Å². The van der Waals surface area contributed by atoms with E-state index in [1.165, 1.54) is 23.1 Å². The van der Waals surface area contributed by atoms with Gasteiger partial charge in [0.15, 0.2) is 11.5 Å². The van der Waals surface area contributed by atoms with Gasteiger partial charge in [-0.3, -0.25) is 4.98 Å². The van der Waals surface area contributed by atoms with E-state index in [0.29, 0.717) is 29.5 Å². The average Bonchev–Trinajstić information content (AvgIpc) is 2.75. The van der Waals surface area contributed by atoms with E-state index in [4.69, 9.17) is 8.92 Å². The molecule has 1 aromatic heterocycles. The minimum absolute atomic E-state index is 0.161. The molecule has 2 aromatic rings. The van der Waals surface area contributed by atoms with Crippen molar-refractivity contribution in [3.63, 3.8) is 0 Å². The van der Waals surface area contributed by atoms with Gasteiger partial charge in [-0.05, 0) is 24.2 Å². The molecule has 0 radical (unpaired) electrons. The van der Waals surface area contributed by atoms with Crippen LogP contribution >= 0.6 is 12.0 Å². The Morgan fingerprint density at radius 1 is 1.00 bits per heavy atom. The first-order valence-electron chi connectivity index (χ1n) is 8.99. The SMILES string of the molecule is CSOCc1cccc(COC2=CN3CC(C(F)(F)F)=NN=C3c3ccccc32)n1. The molecule has 0 fully saturated rings. The number of pyridine rings is 1. The highest BCUT2D eigenvalue weighted by Gasteiger charge is 2.40. The number of rotatable bonds is 6. The maximum atomic E-state index is 13.1. The van der Waals surface area contributed by atoms with Crippen LogP contribution < -0.4 is 0 Å². The van der Waals surface area contributed by atoms with Crippen LogP contribution in [-0.2, 0) is 22.1 Å². The number of aromatic nitrogens is 1. The van der Waals surface area contributed by atoms with Crippen molar-refractivity contribution in [3.8, 4) is 0 Å². The predicted octanol–water partition coefficient (Wildman–Crippen LogP) is 4.39. The summed E-state index contributed by atoms with van der Waals surface area (Å²) in [6.45, 7) is 0.102. The molecule has 4 rings (SSSR count). The fourth-order valence-electron chi connectivity index (χ4n) is 3.07. The van der Waals surface area contributed by atoms with Crippen LogP contribution in [0.5, 0.6) is 0 Å². The van der Waals surface area contributed by atoms with E-state index in [1.807, 2.05) is 36.6 Å². The van der Waals surface area contributed by atoms with E-state index >= 15 is 0 Å². The third-order valence-corrected chi connectivity index (χ3v) is 4.81. The third kappa shape index (κ3) is 4.34. The van der Waals surface area contributed by atoms with Crippen LogP contribution in [0.4, 0.5) is 13.2 Å². The smallest absolute Gasteiger partial charge is 0.433 e. The highest BCUT2D eigenvalue weighted by atomic mass is 32.2. The molecular weight excluding hydrogens is 417 g/mol. The zero-order valence-corrected chi connectivity index (χ0v) is 16.7. The van der Waals surface area contributed by atoms with Crippen LogP contribution in [0.3, 0.4) is 0 Å². The van der Waals surface area contributed by atoms with E-state index in [2.05, 4.69) is 15.2 Å². The number of hydrogen-bond donors (Lipinski definition) is 0. The van der Waals surface area contributed by atoms with Gasteiger partial charge < -0.3 is 13.8 Å². The molecule has 10 heteroatoms. The van der Waals surface area contributed by atoms with Crippen molar-refractivity contribution < 1.29 is 22.1 Å². The molecule has 0 N–H and O–H groups in total. The Morgan fingerprint density at radius 2 is 1.73 bits per heavy atom. The van der Waals surface area contributed by atoms with E-state index in [0.717, 1.165) is 11.3 Å². The second-order valence-electron chi connectivity index (χ2n) is 6.47. The molecule has 6 nitrogen and oxygen atoms in total. The highest BCUT2D eigenvalue weighted by molar-refractivity contribution is 7.93. The number of nitrogens with zero attached hydrogens (tertiary/aromatic N) is 4. The zero-order chi connectivity index (χ0) is 21.1. The predicted molar refractivity (Wildman–Crippen MR) is 108 cm³/mol. The summed E-state index contributed by atoms with van der Waals surface area (Å²) in [5, 5.41) is 7.20. The Morgan fingerprint density at radius 3 is 2.47 bits per heavy atom. The van der Waals surface area contributed by atoms with Gasteiger partial charge in [-0.25, -0.2) is 0 Å². The van der Waals surface area contributed by atoms with Crippen LogP contribution in [0.25, 0.3) is 5.76 Å². The third-order valence-electron chi connectivity index (χ3n) is 4.46. The van der Waals surface area contributed by atoms with Crippen LogP contribution in [0.15, 0.2) is 58.9 Å². The highest BCUT2D eigenvalue weighted by Crippen LogP contribution is 2.31. The summed E-state index contributed by atoms with van der Waals surface area (Å²) in [5.41, 5.74) is 1.89. The molecule has 0 amide bonds. The molecule has 0 atom stereocenters. The number of halogens is 3. The summed E-state index contributed by atoms with van der Waals surface area (Å²) in [5.74, 6) is 0.806. The molecule has 3 heterocycles. The Hall–Kier alpha value is -2.85. The molecule has 30 heavy (non-hydrogen) atoms. The Kier molecular flexibility index (Phi) is 5.78. The summed E-state index contributed by atoms with van der Waals surface area (Å²) in [4.78, 5) is 5.89. The van der Waals surface area contributed by atoms with Crippen molar-refractivity contribution >= 4 is 29.3 Å². The number of hydrogen-bond acceptors (Lipinski definition) is 7. The molecule has 2 aliphatic heterocycles. The Labute approximate surface area is 175 Å². The van der Waals surface area contributed by atoms with Crippen LogP contribution in [0.2, 0.25) is 0 Å². The van der Waals surface area contributed by atoms with Gasteiger partial charge in [0.1, 0.15) is 19.0 Å². The van der Waals surface area contributed by atoms with Crippen molar-refractivity contribution in [2.24, 2.45) is 10.2 Å². The fourth-order valence-corrected chi connectivity index (χ4v) is 3.31. The molecule has 0 unspecified atom stereocenters. The molecule has 156 valence electrons. The normalized spacial score (nSPS) is 15.6. The van der Waals surface area contributed by atoms with Crippen molar-refractivity contribution in [2.45, 2.75) is 19.4 Å². The maximum absolute atomic E-state index is 13.1. The van der Waals surface area contributed by atoms with Crippen molar-refractivity contribution in [1.82, 2.24) is 9.88 Å². The van der Waals surface area contributed by atoms with Crippen molar-refractivity contribution in [1.29, 1.82) is 0 Å². The van der Waals surface area contributed by atoms with Gasteiger partial charge in [-0.2, -0.15) is 13.2 Å². The van der Waals surface area contributed by atoms with E-state index < -0.39 is 18.4 Å². The minimum atomic E-state index is -4.54. The number of benzene rings is 1. The topological polar surface area (TPSA) is 59.3 Å². The van der Waals surface area contributed by atoms with Crippen LogP contribution in [0.1, 0.15) is 22.5 Å². The average molecular weight is 434 g/mol. The number of fused-ring (bicyclic) bond motifs is 3. The molecule has 1 aromatic carbocycles. The number of ether oxygens (including phenoxy) is 1. The Bertz CT molecular complexity index is 1040. The number of alkyl halides is 3. The first-order chi connectivity index (χ1) is 14.5. The molecule has 0 bridgehead atoms. The lowest BCUT2D eigenvalue weighted by atomic mass is 10.0. The molecular formula is C20H17F3N4O2S.